The van der Waals surface area contributed by atoms with Gasteiger partial charge in [-0.1, -0.05) is 13.3 Å². The molecule has 3 N–H and O–H groups in total. The number of nitrogens with two attached hydrogens (primary N) is 1. The maximum absolute atomic E-state index is 5.84. The summed E-state index contributed by atoms with van der Waals surface area (Å²) in [5, 5.41) is 4.26. The van der Waals surface area contributed by atoms with Gasteiger partial charge in [-0.3, -0.25) is 0 Å². The van der Waals surface area contributed by atoms with Crippen molar-refractivity contribution in [1.29, 1.82) is 0 Å². The van der Waals surface area contributed by atoms with E-state index in [4.69, 9.17) is 5.73 Å². The first-order chi connectivity index (χ1) is 7.81. The normalized spacial score (nSPS) is 24.6. The van der Waals surface area contributed by atoms with Crippen molar-refractivity contribution in [3.63, 3.8) is 0 Å². The van der Waals surface area contributed by atoms with E-state index in [1.54, 1.807) is 6.20 Å². The Balaban J connectivity index is 2.01. The van der Waals surface area contributed by atoms with Crippen LogP contribution < -0.4 is 11.1 Å². The summed E-state index contributed by atoms with van der Waals surface area (Å²) < 4.78 is 0. The van der Waals surface area contributed by atoms with Crippen LogP contribution in [-0.4, -0.2) is 22.0 Å². The highest BCUT2D eigenvalue weighted by Gasteiger charge is 2.27. The third-order valence-electron chi connectivity index (χ3n) is 3.01. The van der Waals surface area contributed by atoms with Crippen LogP contribution >= 0.6 is 11.8 Å². The highest BCUT2D eigenvalue weighted by molar-refractivity contribution is 7.99. The predicted octanol–water partition coefficient (Wildman–Crippen LogP) is 2.75. The van der Waals surface area contributed by atoms with Crippen molar-refractivity contribution in [2.45, 2.75) is 37.5 Å². The van der Waals surface area contributed by atoms with Crippen molar-refractivity contribution in [1.82, 2.24) is 4.98 Å². The van der Waals surface area contributed by atoms with Gasteiger partial charge in [0.1, 0.15) is 5.82 Å². The summed E-state index contributed by atoms with van der Waals surface area (Å²) in [7, 11) is 0. The molecule has 2 rings (SSSR count). The highest BCUT2D eigenvalue weighted by atomic mass is 32.2. The number of nitrogens with zero attached hydrogens (tertiary/aromatic N) is 1. The lowest BCUT2D eigenvalue weighted by molar-refractivity contribution is 0.767. The molecule has 2 unspecified atom stereocenters. The molecule has 0 saturated heterocycles. The van der Waals surface area contributed by atoms with Gasteiger partial charge in [0, 0.05) is 17.5 Å². The van der Waals surface area contributed by atoms with E-state index in [9.17, 15) is 0 Å². The Morgan fingerprint density at radius 3 is 3.19 bits per heavy atom. The van der Waals surface area contributed by atoms with Gasteiger partial charge >= 0.3 is 0 Å². The van der Waals surface area contributed by atoms with E-state index in [0.29, 0.717) is 11.9 Å². The average molecular weight is 237 g/mol. The summed E-state index contributed by atoms with van der Waals surface area (Å²) in [5.41, 5.74) is 6.82. The Morgan fingerprint density at radius 2 is 2.44 bits per heavy atom. The number of hydrogen-bond acceptors (Lipinski definition) is 4. The van der Waals surface area contributed by atoms with Crippen LogP contribution in [0.1, 0.15) is 26.2 Å². The highest BCUT2D eigenvalue weighted by Crippen LogP contribution is 2.32. The van der Waals surface area contributed by atoms with Crippen molar-refractivity contribution in [3.05, 3.63) is 18.3 Å². The second-order valence-electron chi connectivity index (χ2n) is 4.11. The Morgan fingerprint density at radius 1 is 1.56 bits per heavy atom. The van der Waals surface area contributed by atoms with Gasteiger partial charge in [0.15, 0.2) is 0 Å². The van der Waals surface area contributed by atoms with E-state index < -0.39 is 0 Å². The van der Waals surface area contributed by atoms with E-state index >= 15 is 0 Å². The maximum atomic E-state index is 5.84. The molecule has 16 heavy (non-hydrogen) atoms. The fourth-order valence-electron chi connectivity index (χ4n) is 2.24. The molecule has 1 aromatic rings. The van der Waals surface area contributed by atoms with E-state index in [1.807, 2.05) is 23.9 Å². The second-order valence-corrected chi connectivity index (χ2v) is 5.63. The molecule has 0 aliphatic heterocycles. The lowest BCUT2D eigenvalue weighted by atomic mass is 10.2. The minimum atomic E-state index is 0.552. The lowest BCUT2D eigenvalue weighted by Crippen LogP contribution is -2.26. The average Bonchev–Trinajstić information content (AvgIpc) is 2.70. The van der Waals surface area contributed by atoms with Crippen LogP contribution in [0.5, 0.6) is 0 Å². The van der Waals surface area contributed by atoms with Crippen LogP contribution in [0, 0.1) is 0 Å². The van der Waals surface area contributed by atoms with E-state index in [-0.39, 0.29) is 0 Å². The second kappa shape index (κ2) is 5.43. The molecule has 0 spiro atoms. The lowest BCUT2D eigenvalue weighted by Gasteiger charge is -2.21. The first-order valence-corrected chi connectivity index (χ1v) is 6.94. The minimum absolute atomic E-state index is 0.552. The van der Waals surface area contributed by atoms with Crippen LogP contribution in [0.2, 0.25) is 0 Å². The molecular formula is C12H19N3S. The fourth-order valence-corrected chi connectivity index (χ4v) is 3.44. The maximum Gasteiger partial charge on any atom is 0.146 e. The molecule has 88 valence electrons. The molecule has 1 aromatic heterocycles. The fraction of sp³-hybridized carbons (Fsp3) is 0.583. The Kier molecular flexibility index (Phi) is 3.93. The Hall–Kier alpha value is -0.900. The minimum Gasteiger partial charge on any atom is -0.382 e. The number of hydrogen-bond donors (Lipinski definition) is 2. The first kappa shape index (κ1) is 11.6. The van der Waals surface area contributed by atoms with Crippen LogP contribution in [-0.2, 0) is 0 Å². The number of rotatable bonds is 4. The number of aromatic nitrogens is 1. The van der Waals surface area contributed by atoms with Crippen molar-refractivity contribution >= 4 is 23.3 Å². The molecule has 0 radical (unpaired) electrons. The van der Waals surface area contributed by atoms with Gasteiger partial charge in [0.2, 0.25) is 0 Å². The number of anilines is 2. The molecule has 0 bridgehead atoms. The van der Waals surface area contributed by atoms with Crippen LogP contribution in [0.3, 0.4) is 0 Å². The molecule has 1 heterocycles. The number of thioether (sulfide) groups is 1. The standard InChI is InChI=1S/C12H19N3S/c1-2-16-11-7-3-5-9(11)15-10-6-4-8-14-12(10)13/h4,6,8-9,11,15H,2-3,5,7H2,1H3,(H2,13,14). The molecule has 1 fully saturated rings. The molecule has 3 nitrogen and oxygen atoms in total. The van der Waals surface area contributed by atoms with Crippen molar-refractivity contribution in [2.24, 2.45) is 0 Å². The predicted molar refractivity (Wildman–Crippen MR) is 71.8 cm³/mol. The van der Waals surface area contributed by atoms with Gasteiger partial charge in [-0.2, -0.15) is 11.8 Å². The number of pyridine rings is 1. The summed E-state index contributed by atoms with van der Waals surface area (Å²) >= 11 is 2.05. The largest absolute Gasteiger partial charge is 0.382 e. The Labute approximate surface area is 101 Å². The molecule has 0 amide bonds. The molecule has 0 aromatic carbocycles. The summed E-state index contributed by atoms with van der Waals surface area (Å²) in [6.45, 7) is 2.22. The molecule has 4 heteroatoms. The third-order valence-corrected chi connectivity index (χ3v) is 4.34. The summed E-state index contributed by atoms with van der Waals surface area (Å²) in [4.78, 5) is 4.10. The van der Waals surface area contributed by atoms with Crippen LogP contribution in [0.25, 0.3) is 0 Å². The summed E-state index contributed by atoms with van der Waals surface area (Å²) in [5.74, 6) is 1.79. The van der Waals surface area contributed by atoms with Gasteiger partial charge in [-0.15, -0.1) is 0 Å². The first-order valence-electron chi connectivity index (χ1n) is 5.90. The molecular weight excluding hydrogens is 218 g/mol. The smallest absolute Gasteiger partial charge is 0.146 e. The number of nitrogens with one attached hydrogen (secondary N) is 1. The van der Waals surface area contributed by atoms with Crippen LogP contribution in [0.4, 0.5) is 11.5 Å². The Bertz CT molecular complexity index is 343. The number of nitrogen functional groups attached to an aromatic ring is 1. The SMILES string of the molecule is CCSC1CCCC1Nc1cccnc1N. The van der Waals surface area contributed by atoms with Crippen molar-refractivity contribution in [2.75, 3.05) is 16.8 Å². The topological polar surface area (TPSA) is 50.9 Å². The van der Waals surface area contributed by atoms with Crippen molar-refractivity contribution < 1.29 is 0 Å². The molecule has 1 saturated carbocycles. The van der Waals surface area contributed by atoms with E-state index in [0.717, 1.165) is 10.9 Å². The zero-order valence-electron chi connectivity index (χ0n) is 9.65. The van der Waals surface area contributed by atoms with Gasteiger partial charge in [-0.25, -0.2) is 4.98 Å². The molecule has 2 atom stereocenters. The third kappa shape index (κ3) is 2.61. The monoisotopic (exact) mass is 237 g/mol. The zero-order chi connectivity index (χ0) is 11.4. The summed E-state index contributed by atoms with van der Waals surface area (Å²) in [6, 6.07) is 4.49. The van der Waals surface area contributed by atoms with Gasteiger partial charge in [-0.05, 0) is 30.7 Å². The van der Waals surface area contributed by atoms with Gasteiger partial charge in [0.05, 0.1) is 5.69 Å². The van der Waals surface area contributed by atoms with Gasteiger partial charge < -0.3 is 11.1 Å². The summed E-state index contributed by atoms with van der Waals surface area (Å²) in [6.07, 6.45) is 5.60. The van der Waals surface area contributed by atoms with E-state index in [2.05, 4.69) is 17.2 Å². The zero-order valence-corrected chi connectivity index (χ0v) is 10.5. The van der Waals surface area contributed by atoms with Crippen molar-refractivity contribution in [3.8, 4) is 0 Å². The quantitative estimate of drug-likeness (QED) is 0.845. The van der Waals surface area contributed by atoms with Crippen LogP contribution in [0.15, 0.2) is 18.3 Å². The van der Waals surface area contributed by atoms with E-state index in [1.165, 1.54) is 25.0 Å². The van der Waals surface area contributed by atoms with Gasteiger partial charge in [0.25, 0.3) is 0 Å². The molecule has 1 aliphatic rings. The molecule has 1 aliphatic carbocycles.